The molecule has 31 heavy (non-hydrogen) atoms. The van der Waals surface area contributed by atoms with Crippen LogP contribution in [0.25, 0.3) is 0 Å². The van der Waals surface area contributed by atoms with Gasteiger partial charge in [0.05, 0.1) is 32.7 Å². The predicted molar refractivity (Wildman–Crippen MR) is 114 cm³/mol. The fraction of sp³-hybridized carbons (Fsp3) is 0.350. The summed E-state index contributed by atoms with van der Waals surface area (Å²) >= 11 is 6.91. The number of rotatable bonds is 7. The summed E-state index contributed by atoms with van der Waals surface area (Å²) in [7, 11) is -2.76. The first kappa shape index (κ1) is 23.4. The average Bonchev–Trinajstić information content (AvgIpc) is 3.23. The largest absolute Gasteiger partial charge is 0.465 e. The van der Waals surface area contributed by atoms with Crippen molar-refractivity contribution in [3.8, 4) is 0 Å². The van der Waals surface area contributed by atoms with Gasteiger partial charge in [-0.25, -0.2) is 13.2 Å². The third kappa shape index (κ3) is 5.32. The van der Waals surface area contributed by atoms with Crippen LogP contribution in [-0.2, 0) is 24.3 Å². The van der Waals surface area contributed by atoms with Crippen LogP contribution in [0.15, 0.2) is 41.3 Å². The standard InChI is InChI=1S/C20H20ClNO7S2/c1-28-20(25)14-4-2-3-5-17(14)31(26,27)22-10-8-13(9-11-22)19(24)29-12-15(23)16-6-7-18(21)30-16/h2-7,13H,8-12H2,1H3. The van der Waals surface area contributed by atoms with Crippen LogP contribution < -0.4 is 0 Å². The van der Waals surface area contributed by atoms with Gasteiger partial charge in [-0.2, -0.15) is 4.31 Å². The van der Waals surface area contributed by atoms with Gasteiger partial charge in [0.15, 0.2) is 6.61 Å². The number of hydrogen-bond acceptors (Lipinski definition) is 8. The van der Waals surface area contributed by atoms with E-state index in [2.05, 4.69) is 4.74 Å². The van der Waals surface area contributed by atoms with Crippen molar-refractivity contribution in [1.82, 2.24) is 4.31 Å². The number of benzene rings is 1. The Morgan fingerprint density at radius 2 is 1.81 bits per heavy atom. The third-order valence-corrected chi connectivity index (χ3v) is 8.12. The maximum absolute atomic E-state index is 13.0. The van der Waals surface area contributed by atoms with E-state index in [0.29, 0.717) is 9.21 Å². The molecule has 0 aliphatic carbocycles. The van der Waals surface area contributed by atoms with Crippen molar-refractivity contribution >= 4 is 50.7 Å². The highest BCUT2D eigenvalue weighted by Gasteiger charge is 2.35. The van der Waals surface area contributed by atoms with E-state index in [9.17, 15) is 22.8 Å². The van der Waals surface area contributed by atoms with Gasteiger partial charge in [-0.05, 0) is 37.1 Å². The van der Waals surface area contributed by atoms with E-state index in [1.165, 1.54) is 29.6 Å². The number of piperidine rings is 1. The second-order valence-corrected chi connectivity index (χ2v) is 10.4. The van der Waals surface area contributed by atoms with Crippen LogP contribution in [0.2, 0.25) is 4.34 Å². The van der Waals surface area contributed by atoms with Gasteiger partial charge in [-0.1, -0.05) is 23.7 Å². The highest BCUT2D eigenvalue weighted by molar-refractivity contribution is 7.89. The van der Waals surface area contributed by atoms with Crippen molar-refractivity contribution < 1.29 is 32.3 Å². The Labute approximate surface area is 188 Å². The molecule has 3 rings (SSSR count). The Bertz CT molecular complexity index is 1090. The van der Waals surface area contributed by atoms with Crippen LogP contribution in [-0.4, -0.2) is 57.3 Å². The van der Waals surface area contributed by atoms with E-state index in [1.807, 2.05) is 0 Å². The minimum Gasteiger partial charge on any atom is -0.465 e. The Morgan fingerprint density at radius 1 is 1.13 bits per heavy atom. The number of halogens is 1. The lowest BCUT2D eigenvalue weighted by atomic mass is 9.98. The number of carbonyl (C=O) groups excluding carboxylic acids is 3. The lowest BCUT2D eigenvalue weighted by Gasteiger charge is -2.30. The highest BCUT2D eigenvalue weighted by Crippen LogP contribution is 2.27. The number of nitrogens with zero attached hydrogens (tertiary/aromatic N) is 1. The second kappa shape index (κ2) is 9.90. The van der Waals surface area contributed by atoms with Crippen LogP contribution in [0.3, 0.4) is 0 Å². The molecule has 1 aliphatic rings. The van der Waals surface area contributed by atoms with E-state index in [1.54, 1.807) is 18.2 Å². The lowest BCUT2D eigenvalue weighted by Crippen LogP contribution is -2.41. The average molecular weight is 486 g/mol. The minimum absolute atomic E-state index is 0.0428. The van der Waals surface area contributed by atoms with E-state index in [0.717, 1.165) is 11.3 Å². The van der Waals surface area contributed by atoms with Crippen molar-refractivity contribution in [2.75, 3.05) is 26.8 Å². The van der Waals surface area contributed by atoms with Crippen LogP contribution in [0.4, 0.5) is 0 Å². The van der Waals surface area contributed by atoms with Gasteiger partial charge in [0, 0.05) is 13.1 Å². The molecule has 0 unspecified atom stereocenters. The number of esters is 2. The number of sulfonamides is 1. The van der Waals surface area contributed by atoms with Gasteiger partial charge in [0.2, 0.25) is 15.8 Å². The maximum atomic E-state index is 13.0. The number of ketones is 1. The molecular formula is C20H20ClNO7S2. The van der Waals surface area contributed by atoms with Crippen molar-refractivity contribution in [2.45, 2.75) is 17.7 Å². The van der Waals surface area contributed by atoms with E-state index >= 15 is 0 Å². The van der Waals surface area contributed by atoms with Crippen molar-refractivity contribution in [2.24, 2.45) is 5.92 Å². The zero-order valence-corrected chi connectivity index (χ0v) is 19.0. The van der Waals surface area contributed by atoms with Crippen LogP contribution in [0, 0.1) is 5.92 Å². The molecule has 1 aromatic carbocycles. The molecule has 166 valence electrons. The Kier molecular flexibility index (Phi) is 7.47. The molecule has 0 radical (unpaired) electrons. The van der Waals surface area contributed by atoms with Gasteiger partial charge in [-0.3, -0.25) is 9.59 Å². The maximum Gasteiger partial charge on any atom is 0.339 e. The normalized spacial score (nSPS) is 15.4. The summed E-state index contributed by atoms with van der Waals surface area (Å²) < 4.78 is 37.5. The fourth-order valence-corrected chi connectivity index (χ4v) is 5.85. The van der Waals surface area contributed by atoms with Crippen LogP contribution in [0.5, 0.6) is 0 Å². The van der Waals surface area contributed by atoms with Gasteiger partial charge < -0.3 is 9.47 Å². The fourth-order valence-electron chi connectivity index (χ4n) is 3.23. The molecular weight excluding hydrogens is 466 g/mol. The number of carbonyl (C=O) groups is 3. The van der Waals surface area contributed by atoms with Gasteiger partial charge in [0.1, 0.15) is 0 Å². The number of Topliss-reactive ketones (excluding diaryl/α,β-unsaturated/α-hetero) is 1. The molecule has 0 saturated carbocycles. The molecule has 0 bridgehead atoms. The summed E-state index contributed by atoms with van der Waals surface area (Å²) in [4.78, 5) is 36.6. The van der Waals surface area contributed by atoms with Crippen molar-refractivity contribution in [1.29, 1.82) is 0 Å². The smallest absolute Gasteiger partial charge is 0.339 e. The van der Waals surface area contributed by atoms with Crippen molar-refractivity contribution in [3.05, 3.63) is 51.2 Å². The first-order chi connectivity index (χ1) is 14.7. The molecule has 1 saturated heterocycles. The topological polar surface area (TPSA) is 107 Å². The Morgan fingerprint density at radius 3 is 2.42 bits per heavy atom. The minimum atomic E-state index is -3.94. The Hall–Kier alpha value is -2.27. The molecule has 0 N–H and O–H groups in total. The molecule has 1 aliphatic heterocycles. The van der Waals surface area contributed by atoms with Crippen LogP contribution in [0.1, 0.15) is 32.9 Å². The summed E-state index contributed by atoms with van der Waals surface area (Å²) in [5.74, 6) is -2.14. The number of methoxy groups -OCH3 is 1. The van der Waals surface area contributed by atoms with E-state index < -0.39 is 27.9 Å². The first-order valence-corrected chi connectivity index (χ1v) is 12.0. The molecule has 8 nitrogen and oxygen atoms in total. The zero-order chi connectivity index (χ0) is 22.6. The monoisotopic (exact) mass is 485 g/mol. The lowest BCUT2D eigenvalue weighted by molar-refractivity contribution is -0.148. The quantitative estimate of drug-likeness (QED) is 0.438. The van der Waals surface area contributed by atoms with E-state index in [4.69, 9.17) is 16.3 Å². The molecule has 0 amide bonds. The van der Waals surface area contributed by atoms with Gasteiger partial charge in [-0.15, -0.1) is 11.3 Å². The SMILES string of the molecule is COC(=O)c1ccccc1S(=O)(=O)N1CCC(C(=O)OCC(=O)c2ccc(Cl)s2)CC1. The van der Waals surface area contributed by atoms with E-state index in [-0.39, 0.29) is 48.8 Å². The first-order valence-electron chi connectivity index (χ1n) is 9.36. The molecule has 0 atom stereocenters. The van der Waals surface area contributed by atoms with Crippen molar-refractivity contribution in [3.63, 3.8) is 0 Å². The molecule has 1 fully saturated rings. The third-order valence-electron chi connectivity index (χ3n) is 4.89. The van der Waals surface area contributed by atoms with Gasteiger partial charge in [0.25, 0.3) is 0 Å². The highest BCUT2D eigenvalue weighted by atomic mass is 35.5. The molecule has 2 aromatic rings. The summed E-state index contributed by atoms with van der Waals surface area (Å²) in [5.41, 5.74) is -0.0428. The number of thiophene rings is 1. The number of hydrogen-bond donors (Lipinski definition) is 0. The Balaban J connectivity index is 1.59. The second-order valence-electron chi connectivity index (χ2n) is 6.80. The predicted octanol–water partition coefficient (Wildman–Crippen LogP) is 3.01. The number of ether oxygens (including phenoxy) is 2. The summed E-state index contributed by atoms with van der Waals surface area (Å²) in [6.45, 7) is -0.209. The van der Waals surface area contributed by atoms with Crippen LogP contribution >= 0.6 is 22.9 Å². The molecule has 2 heterocycles. The molecule has 11 heteroatoms. The van der Waals surface area contributed by atoms with Gasteiger partial charge >= 0.3 is 11.9 Å². The summed E-state index contributed by atoms with van der Waals surface area (Å²) in [5, 5.41) is 0. The zero-order valence-electron chi connectivity index (χ0n) is 16.6. The molecule has 0 spiro atoms. The summed E-state index contributed by atoms with van der Waals surface area (Å²) in [6.07, 6.45) is 0.495. The summed E-state index contributed by atoms with van der Waals surface area (Å²) in [6, 6.07) is 8.99. The molecule has 1 aromatic heterocycles.